The highest BCUT2D eigenvalue weighted by molar-refractivity contribution is 6.33. The maximum absolute atomic E-state index is 6.22. The van der Waals surface area contributed by atoms with Crippen LogP contribution in [0.3, 0.4) is 0 Å². The number of pyridine rings is 1. The van der Waals surface area contributed by atoms with Crippen molar-refractivity contribution in [1.82, 2.24) is 10.3 Å². The number of hydrogen-bond acceptors (Lipinski definition) is 3. The van der Waals surface area contributed by atoms with E-state index in [9.17, 15) is 0 Å². The number of nitrogens with one attached hydrogen (secondary N) is 1. The molecule has 5 heteroatoms. The average Bonchev–Trinajstić information content (AvgIpc) is 3.58. The van der Waals surface area contributed by atoms with Crippen LogP contribution in [0, 0.1) is 0 Å². The highest BCUT2D eigenvalue weighted by atomic mass is 35.5. The lowest BCUT2D eigenvalue weighted by atomic mass is 9.97. The van der Waals surface area contributed by atoms with Gasteiger partial charge in [-0.15, -0.1) is 0 Å². The second-order valence-electron chi connectivity index (χ2n) is 7.72. The lowest BCUT2D eigenvalue weighted by Gasteiger charge is -2.14. The number of aromatic nitrogens is 1. The Kier molecular flexibility index (Phi) is 7.27. The van der Waals surface area contributed by atoms with Gasteiger partial charge in [-0.3, -0.25) is 4.98 Å². The molecule has 4 rings (SSSR count). The first kappa shape index (κ1) is 21.2. The van der Waals surface area contributed by atoms with Gasteiger partial charge in [0.05, 0.1) is 6.10 Å². The molecule has 30 heavy (non-hydrogen) atoms. The Balaban J connectivity index is 1.31. The van der Waals surface area contributed by atoms with E-state index >= 15 is 0 Å². The molecule has 1 aliphatic rings. The van der Waals surface area contributed by atoms with Gasteiger partial charge in [0.15, 0.2) is 0 Å². The Labute approximate surface area is 188 Å². The van der Waals surface area contributed by atoms with Crippen molar-refractivity contribution in [3.05, 3.63) is 82.1 Å². The van der Waals surface area contributed by atoms with E-state index in [2.05, 4.69) is 34.6 Å². The third kappa shape index (κ3) is 5.75. The van der Waals surface area contributed by atoms with Crippen molar-refractivity contribution in [1.29, 1.82) is 0 Å². The van der Waals surface area contributed by atoms with E-state index < -0.39 is 0 Å². The molecule has 1 aliphatic carbocycles. The molecule has 0 aliphatic heterocycles. The van der Waals surface area contributed by atoms with Gasteiger partial charge in [-0.05, 0) is 85.7 Å². The molecule has 0 spiro atoms. The number of unbranched alkanes of at least 4 members (excludes halogenated alkanes) is 1. The summed E-state index contributed by atoms with van der Waals surface area (Å²) in [6, 6.07) is 16.0. The Morgan fingerprint density at radius 1 is 0.967 bits per heavy atom. The first-order chi connectivity index (χ1) is 14.7. The number of benzene rings is 2. The minimum atomic E-state index is 0.385. The van der Waals surface area contributed by atoms with E-state index in [1.165, 1.54) is 11.1 Å². The molecule has 1 heterocycles. The van der Waals surface area contributed by atoms with Crippen molar-refractivity contribution in [3.8, 4) is 16.9 Å². The van der Waals surface area contributed by atoms with Crippen LogP contribution in [0.15, 0.2) is 60.9 Å². The Bertz CT molecular complexity index is 988. The zero-order chi connectivity index (χ0) is 20.8. The predicted octanol–water partition coefficient (Wildman–Crippen LogP) is 6.71. The summed E-state index contributed by atoms with van der Waals surface area (Å²) in [6.07, 6.45) is 9.70. The van der Waals surface area contributed by atoms with Gasteiger partial charge in [-0.1, -0.05) is 41.4 Å². The van der Waals surface area contributed by atoms with Crippen LogP contribution in [0.2, 0.25) is 10.0 Å². The van der Waals surface area contributed by atoms with Crippen LogP contribution < -0.4 is 10.1 Å². The molecular weight excluding hydrogens is 415 g/mol. The summed E-state index contributed by atoms with van der Waals surface area (Å²) in [5.41, 5.74) is 4.68. The highest BCUT2D eigenvalue weighted by Gasteiger charge is 2.24. The molecule has 0 amide bonds. The molecule has 3 nitrogen and oxygen atoms in total. The molecular formula is C25H26Cl2N2O. The Morgan fingerprint density at radius 3 is 2.70 bits per heavy atom. The van der Waals surface area contributed by atoms with Gasteiger partial charge < -0.3 is 10.1 Å². The summed E-state index contributed by atoms with van der Waals surface area (Å²) in [4.78, 5) is 4.36. The largest absolute Gasteiger partial charge is 0.490 e. The van der Waals surface area contributed by atoms with E-state index in [-0.39, 0.29) is 0 Å². The minimum absolute atomic E-state index is 0.385. The van der Waals surface area contributed by atoms with Crippen molar-refractivity contribution >= 4 is 23.2 Å². The molecule has 0 saturated heterocycles. The standard InChI is InChI=1S/C25H26Cl2N2O/c26-20-8-11-24(27)19(15-20)17-28-13-4-3-5-18-16-29-14-12-22(18)23-6-1-2-7-25(23)30-21-9-10-21/h1-2,6-8,11-12,14-16,21,28H,3-5,9-10,13,17H2. The maximum Gasteiger partial charge on any atom is 0.127 e. The quantitative estimate of drug-likeness (QED) is 0.355. The second-order valence-corrected chi connectivity index (χ2v) is 8.56. The van der Waals surface area contributed by atoms with E-state index in [0.29, 0.717) is 11.1 Å². The van der Waals surface area contributed by atoms with E-state index in [4.69, 9.17) is 27.9 Å². The first-order valence-electron chi connectivity index (χ1n) is 10.5. The smallest absolute Gasteiger partial charge is 0.127 e. The maximum atomic E-state index is 6.22. The topological polar surface area (TPSA) is 34.2 Å². The number of ether oxygens (including phenoxy) is 1. The van der Waals surface area contributed by atoms with Crippen LogP contribution in [0.25, 0.3) is 11.1 Å². The molecule has 1 N–H and O–H groups in total. The SMILES string of the molecule is Clc1ccc(Cl)c(CNCCCCc2cnccc2-c2ccccc2OC2CC2)c1. The van der Waals surface area contributed by atoms with Gasteiger partial charge >= 0.3 is 0 Å². The molecule has 156 valence electrons. The number of rotatable bonds is 10. The Hall–Kier alpha value is -2.07. The van der Waals surface area contributed by atoms with Crippen molar-refractivity contribution in [2.45, 2.75) is 44.8 Å². The van der Waals surface area contributed by atoms with Crippen LogP contribution in [0.4, 0.5) is 0 Å². The molecule has 0 atom stereocenters. The molecule has 1 fully saturated rings. The molecule has 2 aromatic carbocycles. The summed E-state index contributed by atoms with van der Waals surface area (Å²) in [7, 11) is 0. The normalized spacial score (nSPS) is 13.4. The van der Waals surface area contributed by atoms with Crippen molar-refractivity contribution in [2.24, 2.45) is 0 Å². The summed E-state index contributed by atoms with van der Waals surface area (Å²) in [5.74, 6) is 0.979. The first-order valence-corrected chi connectivity index (χ1v) is 11.3. The van der Waals surface area contributed by atoms with Crippen LogP contribution in [-0.2, 0) is 13.0 Å². The molecule has 1 saturated carbocycles. The minimum Gasteiger partial charge on any atom is -0.490 e. The molecule has 0 bridgehead atoms. The number of nitrogens with zero attached hydrogens (tertiary/aromatic N) is 1. The van der Waals surface area contributed by atoms with Gasteiger partial charge in [-0.25, -0.2) is 0 Å². The summed E-state index contributed by atoms with van der Waals surface area (Å²) in [6.45, 7) is 1.66. The monoisotopic (exact) mass is 440 g/mol. The lowest BCUT2D eigenvalue weighted by Crippen LogP contribution is -2.15. The van der Waals surface area contributed by atoms with Gasteiger partial charge in [0, 0.05) is 34.5 Å². The number of para-hydroxylation sites is 1. The summed E-state index contributed by atoms with van der Waals surface area (Å²) >= 11 is 12.3. The fraction of sp³-hybridized carbons (Fsp3) is 0.320. The molecule has 1 aromatic heterocycles. The van der Waals surface area contributed by atoms with E-state index in [1.807, 2.05) is 36.7 Å². The van der Waals surface area contributed by atoms with Crippen molar-refractivity contribution in [2.75, 3.05) is 6.54 Å². The van der Waals surface area contributed by atoms with Gasteiger partial charge in [-0.2, -0.15) is 0 Å². The van der Waals surface area contributed by atoms with Crippen LogP contribution in [0.5, 0.6) is 5.75 Å². The van der Waals surface area contributed by atoms with E-state index in [1.54, 1.807) is 0 Å². The highest BCUT2D eigenvalue weighted by Crippen LogP contribution is 2.36. The van der Waals surface area contributed by atoms with E-state index in [0.717, 1.165) is 67.1 Å². The average molecular weight is 441 g/mol. The number of halogens is 2. The van der Waals surface area contributed by atoms with Gasteiger partial charge in [0.2, 0.25) is 0 Å². The van der Waals surface area contributed by atoms with Crippen molar-refractivity contribution in [3.63, 3.8) is 0 Å². The molecule has 3 aromatic rings. The zero-order valence-corrected chi connectivity index (χ0v) is 18.4. The molecule has 0 unspecified atom stereocenters. The molecule has 0 radical (unpaired) electrons. The Morgan fingerprint density at radius 2 is 1.83 bits per heavy atom. The third-order valence-electron chi connectivity index (χ3n) is 5.27. The third-order valence-corrected chi connectivity index (χ3v) is 5.88. The van der Waals surface area contributed by atoms with Gasteiger partial charge in [0.25, 0.3) is 0 Å². The number of hydrogen-bond donors (Lipinski definition) is 1. The van der Waals surface area contributed by atoms with Crippen LogP contribution >= 0.6 is 23.2 Å². The van der Waals surface area contributed by atoms with Crippen molar-refractivity contribution < 1.29 is 4.74 Å². The summed E-state index contributed by atoms with van der Waals surface area (Å²) < 4.78 is 6.13. The fourth-order valence-corrected chi connectivity index (χ4v) is 3.89. The number of aryl methyl sites for hydroxylation is 1. The lowest BCUT2D eigenvalue weighted by molar-refractivity contribution is 0.304. The van der Waals surface area contributed by atoms with Crippen LogP contribution in [-0.4, -0.2) is 17.6 Å². The zero-order valence-electron chi connectivity index (χ0n) is 16.9. The second kappa shape index (κ2) is 10.3. The summed E-state index contributed by atoms with van der Waals surface area (Å²) in [5, 5.41) is 4.92. The van der Waals surface area contributed by atoms with Gasteiger partial charge in [0.1, 0.15) is 5.75 Å². The fourth-order valence-electron chi connectivity index (χ4n) is 3.51. The van der Waals surface area contributed by atoms with Crippen LogP contribution in [0.1, 0.15) is 36.8 Å². The predicted molar refractivity (Wildman–Crippen MR) is 124 cm³/mol.